The molecule has 128 valence electrons. The number of amides is 1. The zero-order valence-electron chi connectivity index (χ0n) is 13.7. The molecule has 3 rings (SSSR count). The second-order valence-electron chi connectivity index (χ2n) is 6.50. The molecule has 2 N–H and O–H groups in total. The lowest BCUT2D eigenvalue weighted by Gasteiger charge is -2.32. The summed E-state index contributed by atoms with van der Waals surface area (Å²) in [4.78, 5) is 15.8. The van der Waals surface area contributed by atoms with Gasteiger partial charge in [-0.2, -0.15) is 0 Å². The van der Waals surface area contributed by atoms with Gasteiger partial charge >= 0.3 is 0 Å². The summed E-state index contributed by atoms with van der Waals surface area (Å²) < 4.78 is 32.7. The fourth-order valence-corrected chi connectivity index (χ4v) is 3.80. The molecule has 0 fully saturated rings. The third kappa shape index (κ3) is 3.07. The highest BCUT2D eigenvalue weighted by Crippen LogP contribution is 2.38. The van der Waals surface area contributed by atoms with E-state index in [0.717, 1.165) is 5.56 Å². The molecule has 1 aromatic heterocycles. The second-order valence-corrected chi connectivity index (χ2v) is 8.27. The Morgan fingerprint density at radius 2 is 2.12 bits per heavy atom. The molecule has 0 spiro atoms. The number of aromatic nitrogens is 1. The molecule has 0 aliphatic carbocycles. The van der Waals surface area contributed by atoms with Crippen LogP contribution < -0.4 is 10.0 Å². The second kappa shape index (κ2) is 5.71. The van der Waals surface area contributed by atoms with Gasteiger partial charge in [-0.25, -0.2) is 18.1 Å². The van der Waals surface area contributed by atoms with E-state index in [9.17, 15) is 13.2 Å². The molecule has 1 aliphatic rings. The summed E-state index contributed by atoms with van der Waals surface area (Å²) >= 11 is 0. The van der Waals surface area contributed by atoms with Crippen molar-refractivity contribution in [3.8, 4) is 0 Å². The van der Waals surface area contributed by atoms with Gasteiger partial charge < -0.3 is 9.73 Å². The molecular weight excluding hydrogens is 330 g/mol. The van der Waals surface area contributed by atoms with Gasteiger partial charge in [-0.1, -0.05) is 13.8 Å². The van der Waals surface area contributed by atoms with Crippen molar-refractivity contribution in [3.05, 3.63) is 41.6 Å². The van der Waals surface area contributed by atoms with Gasteiger partial charge in [0.05, 0.1) is 17.1 Å². The highest BCUT2D eigenvalue weighted by Gasteiger charge is 2.33. The van der Waals surface area contributed by atoms with Crippen LogP contribution in [0.25, 0.3) is 0 Å². The SMILES string of the molecule is Cc1ncoc1CNS(=O)(=O)c1ccc2c(c1)C(C)(C)CC(=O)N2. The molecule has 1 amide bonds. The maximum atomic E-state index is 12.5. The predicted octanol–water partition coefficient (Wildman–Crippen LogP) is 2.08. The predicted molar refractivity (Wildman–Crippen MR) is 88.0 cm³/mol. The summed E-state index contributed by atoms with van der Waals surface area (Å²) in [5, 5.41) is 2.78. The quantitative estimate of drug-likeness (QED) is 0.880. The van der Waals surface area contributed by atoms with Crippen molar-refractivity contribution in [2.45, 2.75) is 44.0 Å². The number of sulfonamides is 1. The third-order valence-corrected chi connectivity index (χ3v) is 5.57. The van der Waals surface area contributed by atoms with Gasteiger partial charge in [-0.15, -0.1) is 0 Å². The van der Waals surface area contributed by atoms with E-state index >= 15 is 0 Å². The molecule has 0 saturated carbocycles. The van der Waals surface area contributed by atoms with Gasteiger partial charge in [0.15, 0.2) is 6.39 Å². The topological polar surface area (TPSA) is 101 Å². The number of hydrogen-bond acceptors (Lipinski definition) is 5. The van der Waals surface area contributed by atoms with Crippen molar-refractivity contribution >= 4 is 21.6 Å². The molecule has 2 heterocycles. The van der Waals surface area contributed by atoms with Crippen molar-refractivity contribution in [3.63, 3.8) is 0 Å². The van der Waals surface area contributed by atoms with Gasteiger partial charge in [0.1, 0.15) is 5.76 Å². The molecule has 0 radical (unpaired) electrons. The molecule has 24 heavy (non-hydrogen) atoms. The summed E-state index contributed by atoms with van der Waals surface area (Å²) in [6, 6.07) is 4.73. The summed E-state index contributed by atoms with van der Waals surface area (Å²) in [5.74, 6) is 0.408. The Labute approximate surface area is 140 Å². The Morgan fingerprint density at radius 1 is 1.38 bits per heavy atom. The van der Waals surface area contributed by atoms with E-state index in [2.05, 4.69) is 15.0 Å². The van der Waals surface area contributed by atoms with E-state index in [1.807, 2.05) is 13.8 Å². The molecule has 1 aliphatic heterocycles. The van der Waals surface area contributed by atoms with Crippen molar-refractivity contribution in [2.75, 3.05) is 5.32 Å². The van der Waals surface area contributed by atoms with Crippen LogP contribution in [0.3, 0.4) is 0 Å². The van der Waals surface area contributed by atoms with E-state index in [1.54, 1.807) is 19.1 Å². The average Bonchev–Trinajstić information content (AvgIpc) is 2.89. The van der Waals surface area contributed by atoms with Crippen molar-refractivity contribution in [1.82, 2.24) is 9.71 Å². The third-order valence-electron chi connectivity index (χ3n) is 4.17. The summed E-state index contributed by atoms with van der Waals surface area (Å²) in [7, 11) is -3.70. The van der Waals surface area contributed by atoms with Crippen LogP contribution in [-0.4, -0.2) is 19.3 Å². The standard InChI is InChI=1S/C16H19N3O4S/c1-10-14(23-9-17-10)8-18-24(21,22)11-4-5-13-12(6-11)16(2,3)7-15(20)19-13/h4-6,9,18H,7-8H2,1-3H3,(H,19,20). The molecule has 2 aromatic rings. The van der Waals surface area contributed by atoms with Crippen molar-refractivity contribution in [2.24, 2.45) is 0 Å². The largest absolute Gasteiger partial charge is 0.447 e. The highest BCUT2D eigenvalue weighted by molar-refractivity contribution is 7.89. The van der Waals surface area contributed by atoms with Gasteiger partial charge in [-0.3, -0.25) is 4.79 Å². The maximum absolute atomic E-state index is 12.5. The minimum Gasteiger partial charge on any atom is -0.447 e. The highest BCUT2D eigenvalue weighted by atomic mass is 32.2. The lowest BCUT2D eigenvalue weighted by molar-refractivity contribution is -0.117. The first-order valence-corrected chi connectivity index (χ1v) is 9.00. The van der Waals surface area contributed by atoms with Crippen LogP contribution in [0.5, 0.6) is 0 Å². The van der Waals surface area contributed by atoms with E-state index < -0.39 is 15.4 Å². The first kappa shape index (κ1) is 16.7. The lowest BCUT2D eigenvalue weighted by Crippen LogP contribution is -2.33. The van der Waals surface area contributed by atoms with Crippen LogP contribution in [0.4, 0.5) is 5.69 Å². The molecule has 0 saturated heterocycles. The monoisotopic (exact) mass is 349 g/mol. The Hall–Kier alpha value is -2.19. The fourth-order valence-electron chi connectivity index (χ4n) is 2.79. The molecule has 1 aromatic carbocycles. The maximum Gasteiger partial charge on any atom is 0.240 e. The van der Waals surface area contributed by atoms with Crippen LogP contribution in [0.15, 0.2) is 33.9 Å². The zero-order chi connectivity index (χ0) is 17.5. The summed E-state index contributed by atoms with van der Waals surface area (Å²) in [5.41, 5.74) is 1.68. The number of benzene rings is 1. The Bertz CT molecular complexity index is 900. The van der Waals surface area contributed by atoms with E-state index in [4.69, 9.17) is 4.42 Å². The van der Waals surface area contributed by atoms with Gasteiger partial charge in [0.25, 0.3) is 0 Å². The molecule has 0 atom stereocenters. The fraction of sp³-hybridized carbons (Fsp3) is 0.375. The van der Waals surface area contributed by atoms with Gasteiger partial charge in [-0.05, 0) is 30.7 Å². The number of nitrogens with one attached hydrogen (secondary N) is 2. The van der Waals surface area contributed by atoms with Gasteiger partial charge in [0.2, 0.25) is 15.9 Å². The van der Waals surface area contributed by atoms with E-state index in [0.29, 0.717) is 23.6 Å². The van der Waals surface area contributed by atoms with Crippen LogP contribution in [0, 0.1) is 6.92 Å². The Kier molecular flexibility index (Phi) is 3.97. The van der Waals surface area contributed by atoms with Crippen LogP contribution in [0.2, 0.25) is 0 Å². The molecule has 7 nitrogen and oxygen atoms in total. The normalized spacial score (nSPS) is 16.5. The minimum absolute atomic E-state index is 0.0331. The smallest absolute Gasteiger partial charge is 0.240 e. The van der Waals surface area contributed by atoms with Crippen LogP contribution >= 0.6 is 0 Å². The molecular formula is C16H19N3O4S. The van der Waals surface area contributed by atoms with E-state index in [-0.39, 0.29) is 17.3 Å². The lowest BCUT2D eigenvalue weighted by atomic mass is 9.78. The number of aryl methyl sites for hydroxylation is 1. The van der Waals surface area contributed by atoms with Crippen molar-refractivity contribution in [1.29, 1.82) is 0 Å². The Morgan fingerprint density at radius 3 is 2.79 bits per heavy atom. The van der Waals surface area contributed by atoms with Crippen LogP contribution in [-0.2, 0) is 26.8 Å². The van der Waals surface area contributed by atoms with Crippen LogP contribution in [0.1, 0.15) is 37.3 Å². The minimum atomic E-state index is -3.70. The Balaban J connectivity index is 1.89. The molecule has 0 bridgehead atoms. The summed E-state index contributed by atoms with van der Waals surface area (Å²) in [6.45, 7) is 5.63. The first-order chi connectivity index (χ1) is 11.2. The van der Waals surface area contributed by atoms with E-state index in [1.165, 1.54) is 12.5 Å². The first-order valence-electron chi connectivity index (χ1n) is 7.52. The number of hydrogen-bond donors (Lipinski definition) is 2. The molecule has 8 heteroatoms. The number of nitrogens with zero attached hydrogens (tertiary/aromatic N) is 1. The zero-order valence-corrected chi connectivity index (χ0v) is 14.5. The van der Waals surface area contributed by atoms with Crippen molar-refractivity contribution < 1.29 is 17.6 Å². The average molecular weight is 349 g/mol. The number of fused-ring (bicyclic) bond motifs is 1. The van der Waals surface area contributed by atoms with Gasteiger partial charge in [0, 0.05) is 17.5 Å². The number of anilines is 1. The number of oxazole rings is 1. The molecule has 0 unspecified atom stereocenters. The number of carbonyl (C=O) groups excluding carboxylic acids is 1. The number of rotatable bonds is 4. The summed E-state index contributed by atoms with van der Waals surface area (Å²) in [6.07, 6.45) is 1.59. The number of carbonyl (C=O) groups is 1.